The van der Waals surface area contributed by atoms with Gasteiger partial charge in [0.05, 0.1) is 18.3 Å². The number of nitrogens with two attached hydrogens (primary N) is 1. The Morgan fingerprint density at radius 1 is 1.36 bits per heavy atom. The maximum atomic E-state index is 12.7. The molecule has 1 unspecified atom stereocenters. The van der Waals surface area contributed by atoms with Crippen LogP contribution in [0.25, 0.3) is 0 Å². The van der Waals surface area contributed by atoms with Crippen molar-refractivity contribution in [2.75, 3.05) is 32.2 Å². The van der Waals surface area contributed by atoms with E-state index in [1.165, 1.54) is 29.2 Å². The Morgan fingerprint density at radius 2 is 1.95 bits per heavy atom. The Morgan fingerprint density at radius 3 is 2.50 bits per heavy atom. The number of carbonyl (C=O) groups excluding carboxylic acids is 1. The zero-order valence-corrected chi connectivity index (χ0v) is 13.5. The summed E-state index contributed by atoms with van der Waals surface area (Å²) in [5, 5.41) is 0. The minimum absolute atomic E-state index is 0.0842. The van der Waals surface area contributed by atoms with Crippen LogP contribution in [0.1, 0.15) is 6.42 Å². The molecule has 0 aliphatic heterocycles. The summed E-state index contributed by atoms with van der Waals surface area (Å²) in [7, 11) is -1.57. The molecule has 0 heterocycles. The van der Waals surface area contributed by atoms with Gasteiger partial charge in [0.1, 0.15) is 28.0 Å². The second-order valence-corrected chi connectivity index (χ2v) is 7.35. The van der Waals surface area contributed by atoms with Gasteiger partial charge >= 0.3 is 0 Å². The minimum atomic E-state index is -3.14. The average Bonchev–Trinajstić information content (AvgIpc) is 2.45. The molecule has 1 rings (SSSR count). The van der Waals surface area contributed by atoms with Crippen molar-refractivity contribution in [2.45, 2.75) is 12.5 Å². The largest absolute Gasteiger partial charge is 0.492 e. The van der Waals surface area contributed by atoms with Crippen LogP contribution >= 0.6 is 0 Å². The van der Waals surface area contributed by atoms with Gasteiger partial charge in [0.25, 0.3) is 0 Å². The number of ether oxygens (including phenoxy) is 1. The molecule has 6 nitrogen and oxygen atoms in total. The van der Waals surface area contributed by atoms with Crippen LogP contribution in [0.5, 0.6) is 5.75 Å². The van der Waals surface area contributed by atoms with E-state index < -0.39 is 15.9 Å². The molecule has 2 N–H and O–H groups in total. The van der Waals surface area contributed by atoms with E-state index in [0.29, 0.717) is 12.3 Å². The third-order valence-corrected chi connectivity index (χ3v) is 3.98. The molecule has 0 fully saturated rings. The number of amides is 1. The van der Waals surface area contributed by atoms with Crippen molar-refractivity contribution in [3.05, 3.63) is 30.1 Å². The van der Waals surface area contributed by atoms with Gasteiger partial charge in [-0.3, -0.25) is 4.79 Å². The van der Waals surface area contributed by atoms with Gasteiger partial charge in [-0.05, 0) is 30.7 Å². The van der Waals surface area contributed by atoms with Crippen LogP contribution in [-0.4, -0.2) is 57.5 Å². The van der Waals surface area contributed by atoms with Crippen molar-refractivity contribution in [2.24, 2.45) is 5.73 Å². The molecular weight excluding hydrogens is 311 g/mol. The van der Waals surface area contributed by atoms with E-state index >= 15 is 0 Å². The monoisotopic (exact) mass is 332 g/mol. The number of hydrogen-bond acceptors (Lipinski definition) is 5. The van der Waals surface area contributed by atoms with Gasteiger partial charge in [-0.25, -0.2) is 12.8 Å². The highest BCUT2D eigenvalue weighted by molar-refractivity contribution is 7.90. The number of likely N-dealkylation sites (N-methyl/N-ethyl adjacent to an activating group) is 1. The zero-order valence-electron chi connectivity index (χ0n) is 12.7. The fraction of sp³-hybridized carbons (Fsp3) is 0.500. The van der Waals surface area contributed by atoms with Crippen LogP contribution in [0.4, 0.5) is 4.39 Å². The van der Waals surface area contributed by atoms with Gasteiger partial charge in [-0.1, -0.05) is 0 Å². The first-order chi connectivity index (χ1) is 10.2. The van der Waals surface area contributed by atoms with E-state index in [4.69, 9.17) is 10.5 Å². The standard InChI is InChI=1S/C14H21FN2O4S/c1-17(14(18)13(16)7-10-22(2,19)20)8-9-21-12-5-3-11(15)4-6-12/h3-6,13H,7-10,16H2,1-2H3. The van der Waals surface area contributed by atoms with Crippen LogP contribution < -0.4 is 10.5 Å². The highest BCUT2D eigenvalue weighted by atomic mass is 32.2. The lowest BCUT2D eigenvalue weighted by Gasteiger charge is -2.21. The van der Waals surface area contributed by atoms with Crippen molar-refractivity contribution in [1.29, 1.82) is 0 Å². The number of benzene rings is 1. The van der Waals surface area contributed by atoms with Crippen molar-refractivity contribution in [3.8, 4) is 5.75 Å². The Hall–Kier alpha value is -1.67. The Kier molecular flexibility index (Phi) is 6.76. The third-order valence-electron chi connectivity index (χ3n) is 3.00. The van der Waals surface area contributed by atoms with Gasteiger partial charge < -0.3 is 15.4 Å². The molecule has 0 aromatic heterocycles. The molecule has 0 aliphatic carbocycles. The topological polar surface area (TPSA) is 89.7 Å². The quantitative estimate of drug-likeness (QED) is 0.745. The molecule has 22 heavy (non-hydrogen) atoms. The number of sulfone groups is 1. The molecule has 0 bridgehead atoms. The van der Waals surface area contributed by atoms with E-state index in [1.54, 1.807) is 7.05 Å². The summed E-state index contributed by atoms with van der Waals surface area (Å²) in [5.74, 6) is -0.314. The molecule has 0 radical (unpaired) electrons. The van der Waals surface area contributed by atoms with E-state index in [0.717, 1.165) is 6.26 Å². The first kappa shape index (κ1) is 18.4. The lowest BCUT2D eigenvalue weighted by atomic mass is 10.2. The van der Waals surface area contributed by atoms with Gasteiger partial charge in [-0.2, -0.15) is 0 Å². The van der Waals surface area contributed by atoms with Crippen LogP contribution in [0.2, 0.25) is 0 Å². The SMILES string of the molecule is CN(CCOc1ccc(F)cc1)C(=O)C(N)CCS(C)(=O)=O. The maximum Gasteiger partial charge on any atom is 0.239 e. The predicted molar refractivity (Wildman–Crippen MR) is 81.8 cm³/mol. The molecule has 8 heteroatoms. The van der Waals surface area contributed by atoms with Gasteiger partial charge in [-0.15, -0.1) is 0 Å². The van der Waals surface area contributed by atoms with E-state index in [2.05, 4.69) is 0 Å². The van der Waals surface area contributed by atoms with Crippen molar-refractivity contribution >= 4 is 15.7 Å². The maximum absolute atomic E-state index is 12.7. The van der Waals surface area contributed by atoms with Crippen molar-refractivity contribution in [3.63, 3.8) is 0 Å². The highest BCUT2D eigenvalue weighted by Crippen LogP contribution is 2.10. The number of halogens is 1. The molecule has 0 aliphatic rings. The predicted octanol–water partition coefficient (Wildman–Crippen LogP) is 0.425. The number of carbonyl (C=O) groups is 1. The van der Waals surface area contributed by atoms with E-state index in [-0.39, 0.29) is 30.5 Å². The molecule has 0 saturated carbocycles. The second-order valence-electron chi connectivity index (χ2n) is 5.09. The zero-order chi connectivity index (χ0) is 16.8. The highest BCUT2D eigenvalue weighted by Gasteiger charge is 2.19. The normalized spacial score (nSPS) is 12.7. The van der Waals surface area contributed by atoms with Crippen LogP contribution in [0.3, 0.4) is 0 Å². The minimum Gasteiger partial charge on any atom is -0.492 e. The summed E-state index contributed by atoms with van der Waals surface area (Å²) >= 11 is 0. The summed E-state index contributed by atoms with van der Waals surface area (Å²) in [6.07, 6.45) is 1.19. The van der Waals surface area contributed by atoms with Gasteiger partial charge in [0, 0.05) is 13.3 Å². The number of hydrogen-bond donors (Lipinski definition) is 1. The van der Waals surface area contributed by atoms with Gasteiger partial charge in [0.2, 0.25) is 5.91 Å². The van der Waals surface area contributed by atoms with Crippen LogP contribution in [-0.2, 0) is 14.6 Å². The van der Waals surface area contributed by atoms with Crippen LogP contribution in [0, 0.1) is 5.82 Å². The molecule has 1 aromatic carbocycles. The van der Waals surface area contributed by atoms with Crippen molar-refractivity contribution < 1.29 is 22.3 Å². The fourth-order valence-corrected chi connectivity index (χ4v) is 2.37. The molecule has 0 spiro atoms. The molecule has 1 amide bonds. The van der Waals surface area contributed by atoms with E-state index in [9.17, 15) is 17.6 Å². The summed E-state index contributed by atoms with van der Waals surface area (Å²) in [6, 6.07) is 4.70. The number of nitrogens with zero attached hydrogens (tertiary/aromatic N) is 1. The Balaban J connectivity index is 2.35. The summed E-state index contributed by atoms with van der Waals surface area (Å²) in [5.41, 5.74) is 5.69. The lowest BCUT2D eigenvalue weighted by Crippen LogP contribution is -2.44. The van der Waals surface area contributed by atoms with Crippen molar-refractivity contribution in [1.82, 2.24) is 4.90 Å². The molecule has 1 atom stereocenters. The van der Waals surface area contributed by atoms with Crippen LogP contribution in [0.15, 0.2) is 24.3 Å². The molecule has 1 aromatic rings. The molecular formula is C14H21FN2O4S. The third kappa shape index (κ3) is 6.86. The van der Waals surface area contributed by atoms with E-state index in [1.807, 2.05) is 0 Å². The van der Waals surface area contributed by atoms with Gasteiger partial charge in [0.15, 0.2) is 0 Å². The second kappa shape index (κ2) is 8.09. The smallest absolute Gasteiger partial charge is 0.239 e. The fourth-order valence-electron chi connectivity index (χ4n) is 1.69. The first-order valence-corrected chi connectivity index (χ1v) is 8.82. The first-order valence-electron chi connectivity index (χ1n) is 6.75. The Bertz CT molecular complexity index is 589. The average molecular weight is 332 g/mol. The number of rotatable bonds is 8. The molecule has 0 saturated heterocycles. The summed E-state index contributed by atoms with van der Waals surface area (Å²) in [6.45, 7) is 0.523. The molecule has 124 valence electrons. The Labute approximate surface area is 130 Å². The lowest BCUT2D eigenvalue weighted by molar-refractivity contribution is -0.131. The summed E-state index contributed by atoms with van der Waals surface area (Å²) < 4.78 is 40.2. The summed E-state index contributed by atoms with van der Waals surface area (Å²) in [4.78, 5) is 13.3.